The highest BCUT2D eigenvalue weighted by molar-refractivity contribution is 8.00. The molecule has 0 spiro atoms. The van der Waals surface area contributed by atoms with E-state index in [4.69, 9.17) is 0 Å². The summed E-state index contributed by atoms with van der Waals surface area (Å²) < 4.78 is 0.485. The monoisotopic (exact) mass is 276 g/mol. The molecule has 4 heteroatoms. The lowest BCUT2D eigenvalue weighted by Gasteiger charge is -2.11. The van der Waals surface area contributed by atoms with Crippen molar-refractivity contribution in [1.29, 1.82) is 0 Å². The number of nitrogens with zero attached hydrogens (tertiary/aromatic N) is 1. The molecule has 18 heavy (non-hydrogen) atoms. The zero-order valence-electron chi connectivity index (χ0n) is 10.3. The molecule has 1 aliphatic carbocycles. The number of hydrogen-bond donors (Lipinski definition) is 1. The van der Waals surface area contributed by atoms with E-state index >= 15 is 0 Å². The highest BCUT2D eigenvalue weighted by Crippen LogP contribution is 2.47. The van der Waals surface area contributed by atoms with Gasteiger partial charge in [0.05, 0.1) is 4.88 Å². The molecule has 2 aromatic rings. The van der Waals surface area contributed by atoms with Gasteiger partial charge in [-0.1, -0.05) is 41.7 Å². The quantitative estimate of drug-likeness (QED) is 0.889. The predicted molar refractivity (Wildman–Crippen MR) is 81.5 cm³/mol. The largest absolute Gasteiger partial charge is 0.360 e. The first-order valence-corrected chi connectivity index (χ1v) is 8.16. The van der Waals surface area contributed by atoms with Crippen LogP contribution >= 0.6 is 23.1 Å². The zero-order valence-corrected chi connectivity index (χ0v) is 12.0. The lowest BCUT2D eigenvalue weighted by Crippen LogP contribution is -2.17. The van der Waals surface area contributed by atoms with Gasteiger partial charge in [-0.05, 0) is 24.7 Å². The van der Waals surface area contributed by atoms with Gasteiger partial charge in [0, 0.05) is 17.5 Å². The maximum atomic E-state index is 4.46. The second-order valence-electron chi connectivity index (χ2n) is 4.64. The smallest absolute Gasteiger partial charge is 0.183 e. The summed E-state index contributed by atoms with van der Waals surface area (Å²) in [6.45, 7) is 1.04. The van der Waals surface area contributed by atoms with Crippen molar-refractivity contribution in [2.75, 3.05) is 18.1 Å². The van der Waals surface area contributed by atoms with Crippen LogP contribution in [0.3, 0.4) is 0 Å². The van der Waals surface area contributed by atoms with Crippen molar-refractivity contribution in [3.63, 3.8) is 0 Å². The van der Waals surface area contributed by atoms with E-state index in [2.05, 4.69) is 40.8 Å². The second kappa shape index (κ2) is 4.94. The molecule has 0 saturated heterocycles. The molecule has 1 N–H and O–H groups in total. The number of nitrogens with one attached hydrogen (secondary N) is 1. The zero-order chi connectivity index (χ0) is 12.4. The van der Waals surface area contributed by atoms with Crippen LogP contribution in [0.5, 0.6) is 0 Å². The summed E-state index contributed by atoms with van der Waals surface area (Å²) in [7, 11) is 0. The maximum Gasteiger partial charge on any atom is 0.183 e. The summed E-state index contributed by atoms with van der Waals surface area (Å²) in [5.41, 5.74) is 1.24. The Labute approximate surface area is 116 Å². The third-order valence-electron chi connectivity index (χ3n) is 3.37. The molecule has 0 unspecified atom stereocenters. The minimum atomic E-state index is 0.485. The Morgan fingerprint density at radius 1 is 1.33 bits per heavy atom. The topological polar surface area (TPSA) is 24.9 Å². The Hall–Kier alpha value is -1.00. The molecule has 0 atom stereocenters. The first-order valence-electron chi connectivity index (χ1n) is 6.12. The van der Waals surface area contributed by atoms with Gasteiger partial charge in [-0.25, -0.2) is 4.98 Å². The summed E-state index contributed by atoms with van der Waals surface area (Å²) >= 11 is 3.71. The first-order chi connectivity index (χ1) is 8.81. The van der Waals surface area contributed by atoms with Crippen LogP contribution in [0.25, 0.3) is 10.4 Å². The van der Waals surface area contributed by atoms with Gasteiger partial charge in [0.15, 0.2) is 5.13 Å². The minimum absolute atomic E-state index is 0.485. The standard InChI is InChI=1S/C14H16N2S2/c1-17-14(7-8-14)10-16-13-15-9-12(18-13)11-5-3-2-4-6-11/h2-6,9H,7-8,10H2,1H3,(H,15,16). The van der Waals surface area contributed by atoms with Crippen LogP contribution in [0.4, 0.5) is 5.13 Å². The molecular weight excluding hydrogens is 260 g/mol. The third kappa shape index (κ3) is 2.54. The predicted octanol–water partition coefficient (Wildman–Crippen LogP) is 4.12. The molecule has 1 fully saturated rings. The van der Waals surface area contributed by atoms with E-state index in [1.54, 1.807) is 11.3 Å². The fourth-order valence-electron chi connectivity index (χ4n) is 1.92. The number of thioether (sulfide) groups is 1. The molecule has 94 valence electrons. The Morgan fingerprint density at radius 2 is 2.11 bits per heavy atom. The van der Waals surface area contributed by atoms with Crippen molar-refractivity contribution < 1.29 is 0 Å². The summed E-state index contributed by atoms with van der Waals surface area (Å²) in [5.74, 6) is 0. The molecule has 1 aromatic heterocycles. The average molecular weight is 276 g/mol. The molecule has 1 aromatic carbocycles. The summed E-state index contributed by atoms with van der Waals surface area (Å²) in [4.78, 5) is 5.68. The summed E-state index contributed by atoms with van der Waals surface area (Å²) in [6, 6.07) is 10.4. The van der Waals surface area contributed by atoms with Crippen molar-refractivity contribution in [3.05, 3.63) is 36.5 Å². The molecule has 1 aliphatic rings. The van der Waals surface area contributed by atoms with Crippen LogP contribution in [-0.4, -0.2) is 22.5 Å². The highest BCUT2D eigenvalue weighted by Gasteiger charge is 2.41. The van der Waals surface area contributed by atoms with E-state index in [0.717, 1.165) is 11.7 Å². The first kappa shape index (κ1) is 12.1. The maximum absolute atomic E-state index is 4.46. The summed E-state index contributed by atoms with van der Waals surface area (Å²) in [6.07, 6.45) is 6.82. The van der Waals surface area contributed by atoms with E-state index < -0.39 is 0 Å². The molecule has 1 heterocycles. The minimum Gasteiger partial charge on any atom is -0.360 e. The van der Waals surface area contributed by atoms with Gasteiger partial charge in [-0.2, -0.15) is 11.8 Å². The van der Waals surface area contributed by atoms with Crippen molar-refractivity contribution in [3.8, 4) is 10.4 Å². The van der Waals surface area contributed by atoms with E-state index in [9.17, 15) is 0 Å². The van der Waals surface area contributed by atoms with Crippen LogP contribution in [0.1, 0.15) is 12.8 Å². The number of anilines is 1. The van der Waals surface area contributed by atoms with Gasteiger partial charge in [-0.3, -0.25) is 0 Å². The molecule has 0 bridgehead atoms. The summed E-state index contributed by atoms with van der Waals surface area (Å²) in [5, 5.41) is 4.51. The van der Waals surface area contributed by atoms with E-state index in [1.165, 1.54) is 23.3 Å². The third-order valence-corrected chi connectivity index (χ3v) is 5.79. The molecule has 0 radical (unpaired) electrons. The number of hydrogen-bond acceptors (Lipinski definition) is 4. The molecule has 0 aliphatic heterocycles. The van der Waals surface area contributed by atoms with Crippen LogP contribution < -0.4 is 5.32 Å². The number of rotatable bonds is 5. The molecule has 3 rings (SSSR count). The lowest BCUT2D eigenvalue weighted by atomic mass is 10.2. The van der Waals surface area contributed by atoms with Crippen LogP contribution in [0, 0.1) is 0 Å². The van der Waals surface area contributed by atoms with Gasteiger partial charge in [-0.15, -0.1) is 0 Å². The molecule has 1 saturated carbocycles. The SMILES string of the molecule is CSC1(CNc2ncc(-c3ccccc3)s2)CC1. The van der Waals surface area contributed by atoms with Crippen molar-refractivity contribution in [2.45, 2.75) is 17.6 Å². The fourth-order valence-corrected chi connectivity index (χ4v) is 3.47. The van der Waals surface area contributed by atoms with Crippen molar-refractivity contribution in [2.24, 2.45) is 0 Å². The Bertz CT molecular complexity index is 518. The number of thiazole rings is 1. The van der Waals surface area contributed by atoms with Gasteiger partial charge in [0.1, 0.15) is 0 Å². The fraction of sp³-hybridized carbons (Fsp3) is 0.357. The Kier molecular flexibility index (Phi) is 3.31. The van der Waals surface area contributed by atoms with Crippen LogP contribution in [-0.2, 0) is 0 Å². The van der Waals surface area contributed by atoms with E-state index in [-0.39, 0.29) is 0 Å². The molecule has 2 nitrogen and oxygen atoms in total. The highest BCUT2D eigenvalue weighted by atomic mass is 32.2. The number of benzene rings is 1. The van der Waals surface area contributed by atoms with Crippen molar-refractivity contribution >= 4 is 28.2 Å². The van der Waals surface area contributed by atoms with E-state index in [0.29, 0.717) is 4.75 Å². The number of aromatic nitrogens is 1. The second-order valence-corrected chi connectivity index (χ2v) is 6.94. The van der Waals surface area contributed by atoms with Crippen molar-refractivity contribution in [1.82, 2.24) is 4.98 Å². The molecular formula is C14H16N2S2. The van der Waals surface area contributed by atoms with Gasteiger partial charge in [0.2, 0.25) is 0 Å². The normalized spacial score (nSPS) is 16.5. The van der Waals surface area contributed by atoms with Gasteiger partial charge >= 0.3 is 0 Å². The van der Waals surface area contributed by atoms with Crippen LogP contribution in [0.2, 0.25) is 0 Å². The Morgan fingerprint density at radius 3 is 2.78 bits per heavy atom. The molecule has 0 amide bonds. The average Bonchev–Trinajstić information content (AvgIpc) is 3.07. The van der Waals surface area contributed by atoms with Crippen LogP contribution in [0.15, 0.2) is 36.5 Å². The van der Waals surface area contributed by atoms with Gasteiger partial charge in [0.25, 0.3) is 0 Å². The van der Waals surface area contributed by atoms with E-state index in [1.807, 2.05) is 24.0 Å². The Balaban J connectivity index is 1.67. The lowest BCUT2D eigenvalue weighted by molar-refractivity contribution is 0.946. The van der Waals surface area contributed by atoms with Gasteiger partial charge < -0.3 is 5.32 Å².